The lowest BCUT2D eigenvalue weighted by atomic mass is 9.95. The molecule has 0 spiro atoms. The minimum Gasteiger partial charge on any atom is -0.497 e. The minimum atomic E-state index is -0.272. The van der Waals surface area contributed by atoms with Gasteiger partial charge in [-0.25, -0.2) is 4.98 Å². The first-order valence-corrected chi connectivity index (χ1v) is 10.5. The van der Waals surface area contributed by atoms with E-state index in [2.05, 4.69) is 10.3 Å². The maximum Gasteiger partial charge on any atom is 0.269 e. The number of hydrogen-bond donors (Lipinski definition) is 2. The third-order valence-electron chi connectivity index (χ3n) is 5.94. The van der Waals surface area contributed by atoms with Crippen molar-refractivity contribution in [3.8, 4) is 17.0 Å². The van der Waals surface area contributed by atoms with Crippen molar-refractivity contribution in [2.75, 3.05) is 33.9 Å². The molecule has 8 nitrogen and oxygen atoms in total. The zero-order valence-electron chi connectivity index (χ0n) is 17.4. The van der Waals surface area contributed by atoms with E-state index in [4.69, 9.17) is 14.5 Å². The van der Waals surface area contributed by atoms with E-state index in [0.29, 0.717) is 31.1 Å². The molecule has 1 aromatic heterocycles. The van der Waals surface area contributed by atoms with Crippen LogP contribution >= 0.6 is 0 Å². The summed E-state index contributed by atoms with van der Waals surface area (Å²) < 4.78 is 10.8. The molecule has 2 amide bonds. The molecule has 2 aliphatic heterocycles. The van der Waals surface area contributed by atoms with Crippen molar-refractivity contribution in [1.82, 2.24) is 20.2 Å². The number of amides is 2. The highest BCUT2D eigenvalue weighted by Gasteiger charge is 2.32. The predicted octanol–water partition coefficient (Wildman–Crippen LogP) is 2.33. The van der Waals surface area contributed by atoms with E-state index in [1.807, 2.05) is 29.2 Å². The molecule has 3 heterocycles. The zero-order chi connectivity index (χ0) is 21.1. The van der Waals surface area contributed by atoms with Crippen LogP contribution in [0.5, 0.6) is 5.75 Å². The average Bonchev–Trinajstić information content (AvgIpc) is 3.49. The van der Waals surface area contributed by atoms with Crippen LogP contribution in [0.4, 0.5) is 0 Å². The first kappa shape index (κ1) is 20.4. The number of benzene rings is 1. The van der Waals surface area contributed by atoms with Gasteiger partial charge in [0.15, 0.2) is 0 Å². The number of H-pyrrole nitrogens is 1. The Kier molecular flexibility index (Phi) is 6.03. The molecule has 2 saturated heterocycles. The molecule has 2 aromatic rings. The summed E-state index contributed by atoms with van der Waals surface area (Å²) in [5, 5.41) is 2.68. The van der Waals surface area contributed by atoms with E-state index >= 15 is 0 Å². The van der Waals surface area contributed by atoms with Crippen molar-refractivity contribution in [1.29, 1.82) is 0 Å². The highest BCUT2D eigenvalue weighted by Crippen LogP contribution is 2.31. The van der Waals surface area contributed by atoms with Crippen LogP contribution in [0.15, 0.2) is 24.3 Å². The molecule has 0 radical (unpaired) electrons. The minimum absolute atomic E-state index is 0.107. The van der Waals surface area contributed by atoms with Crippen LogP contribution in [0, 0.1) is 0 Å². The Balaban J connectivity index is 1.51. The average molecular weight is 412 g/mol. The molecule has 1 atom stereocenters. The van der Waals surface area contributed by atoms with Gasteiger partial charge < -0.3 is 24.7 Å². The predicted molar refractivity (Wildman–Crippen MR) is 111 cm³/mol. The topological polar surface area (TPSA) is 96.6 Å². The van der Waals surface area contributed by atoms with Gasteiger partial charge in [0.2, 0.25) is 0 Å². The third-order valence-corrected chi connectivity index (χ3v) is 5.94. The maximum absolute atomic E-state index is 12.6. The largest absolute Gasteiger partial charge is 0.497 e. The molecule has 0 saturated carbocycles. The molecule has 2 N–H and O–H groups in total. The Labute approximate surface area is 176 Å². The van der Waals surface area contributed by atoms with Crippen LogP contribution in [0.25, 0.3) is 11.3 Å². The van der Waals surface area contributed by atoms with Gasteiger partial charge in [-0.15, -0.1) is 0 Å². The smallest absolute Gasteiger partial charge is 0.269 e. The summed E-state index contributed by atoms with van der Waals surface area (Å²) in [6, 6.07) is 7.50. The number of rotatable bonds is 5. The Morgan fingerprint density at radius 1 is 1.20 bits per heavy atom. The number of aromatic nitrogens is 2. The van der Waals surface area contributed by atoms with Crippen LogP contribution in [0.2, 0.25) is 0 Å². The molecular weight excluding hydrogens is 384 g/mol. The normalized spacial score (nSPS) is 19.7. The summed E-state index contributed by atoms with van der Waals surface area (Å²) in [4.78, 5) is 35.0. The summed E-state index contributed by atoms with van der Waals surface area (Å²) in [5.41, 5.74) is 1.93. The SMILES string of the molecule is CNC(=O)c1[nH]c(C2CCN(C(=O)[C@H]3CCCO3)CC2)nc1-c1ccc(OC)cc1. The number of nitrogens with one attached hydrogen (secondary N) is 2. The molecule has 4 rings (SSSR count). The number of likely N-dealkylation sites (tertiary alicyclic amines) is 1. The Hall–Kier alpha value is -2.87. The number of carbonyl (C=O) groups excluding carboxylic acids is 2. The van der Waals surface area contributed by atoms with Gasteiger partial charge in [0.1, 0.15) is 29.1 Å². The molecule has 0 bridgehead atoms. The van der Waals surface area contributed by atoms with Gasteiger partial charge >= 0.3 is 0 Å². The van der Waals surface area contributed by atoms with E-state index in [0.717, 1.165) is 42.8 Å². The second-order valence-corrected chi connectivity index (χ2v) is 7.75. The van der Waals surface area contributed by atoms with Crippen molar-refractivity contribution in [2.24, 2.45) is 0 Å². The van der Waals surface area contributed by atoms with Crippen LogP contribution in [0.3, 0.4) is 0 Å². The number of aromatic amines is 1. The highest BCUT2D eigenvalue weighted by atomic mass is 16.5. The summed E-state index contributed by atoms with van der Waals surface area (Å²) in [6.07, 6.45) is 3.11. The number of ether oxygens (including phenoxy) is 2. The number of carbonyl (C=O) groups is 2. The Bertz CT molecular complexity index is 894. The number of hydrogen-bond acceptors (Lipinski definition) is 5. The molecule has 0 unspecified atom stereocenters. The van der Waals surface area contributed by atoms with Gasteiger partial charge in [-0.05, 0) is 49.9 Å². The highest BCUT2D eigenvalue weighted by molar-refractivity contribution is 5.98. The molecule has 1 aromatic carbocycles. The van der Waals surface area contributed by atoms with Crippen LogP contribution < -0.4 is 10.1 Å². The molecular formula is C22H28N4O4. The number of nitrogens with zero attached hydrogens (tertiary/aromatic N) is 2. The fourth-order valence-corrected chi connectivity index (χ4v) is 4.18. The summed E-state index contributed by atoms with van der Waals surface area (Å²) in [5.74, 6) is 1.62. The fraction of sp³-hybridized carbons (Fsp3) is 0.500. The molecule has 2 fully saturated rings. The van der Waals surface area contributed by atoms with Gasteiger partial charge in [-0.3, -0.25) is 9.59 Å². The van der Waals surface area contributed by atoms with Gasteiger partial charge in [-0.2, -0.15) is 0 Å². The van der Waals surface area contributed by atoms with E-state index in [1.54, 1.807) is 14.2 Å². The van der Waals surface area contributed by atoms with E-state index in [9.17, 15) is 9.59 Å². The van der Waals surface area contributed by atoms with Gasteiger partial charge in [-0.1, -0.05) is 0 Å². The fourth-order valence-electron chi connectivity index (χ4n) is 4.18. The third kappa shape index (κ3) is 4.05. The van der Waals surface area contributed by atoms with Crippen molar-refractivity contribution >= 4 is 11.8 Å². The summed E-state index contributed by atoms with van der Waals surface area (Å²) >= 11 is 0. The van der Waals surface area contributed by atoms with E-state index in [-0.39, 0.29) is 23.8 Å². The van der Waals surface area contributed by atoms with Gasteiger partial charge in [0, 0.05) is 38.2 Å². The monoisotopic (exact) mass is 412 g/mol. The molecule has 2 aliphatic rings. The van der Waals surface area contributed by atoms with Crippen LogP contribution in [0.1, 0.15) is 47.9 Å². The second kappa shape index (κ2) is 8.87. The Morgan fingerprint density at radius 2 is 1.93 bits per heavy atom. The Morgan fingerprint density at radius 3 is 2.53 bits per heavy atom. The summed E-state index contributed by atoms with van der Waals surface area (Å²) in [6.45, 7) is 2.03. The lowest BCUT2D eigenvalue weighted by Crippen LogP contribution is -2.43. The van der Waals surface area contributed by atoms with Crippen molar-refractivity contribution in [3.63, 3.8) is 0 Å². The second-order valence-electron chi connectivity index (χ2n) is 7.75. The summed E-state index contributed by atoms with van der Waals surface area (Å²) in [7, 11) is 3.23. The first-order chi connectivity index (χ1) is 14.6. The van der Waals surface area contributed by atoms with Crippen molar-refractivity contribution in [3.05, 3.63) is 35.8 Å². The zero-order valence-corrected chi connectivity index (χ0v) is 17.4. The number of imidazole rings is 1. The lowest BCUT2D eigenvalue weighted by Gasteiger charge is -2.32. The molecule has 30 heavy (non-hydrogen) atoms. The van der Waals surface area contributed by atoms with E-state index in [1.165, 1.54) is 0 Å². The quantitative estimate of drug-likeness (QED) is 0.786. The van der Waals surface area contributed by atoms with Gasteiger partial charge in [0.05, 0.1) is 7.11 Å². The maximum atomic E-state index is 12.6. The van der Waals surface area contributed by atoms with Crippen molar-refractivity contribution < 1.29 is 19.1 Å². The standard InChI is InChI=1S/C22H28N4O4/c1-23-21(27)19-18(14-5-7-16(29-2)8-6-14)24-20(25-19)15-9-11-26(12-10-15)22(28)17-4-3-13-30-17/h5-8,15,17H,3-4,9-13H2,1-2H3,(H,23,27)(H,24,25)/t17-/m1/s1. The number of piperidine rings is 1. The molecule has 8 heteroatoms. The van der Waals surface area contributed by atoms with Crippen LogP contribution in [-0.4, -0.2) is 66.6 Å². The lowest BCUT2D eigenvalue weighted by molar-refractivity contribution is -0.142. The van der Waals surface area contributed by atoms with E-state index < -0.39 is 0 Å². The van der Waals surface area contributed by atoms with Gasteiger partial charge in [0.25, 0.3) is 11.8 Å². The van der Waals surface area contributed by atoms with Crippen LogP contribution in [-0.2, 0) is 9.53 Å². The molecule has 160 valence electrons. The number of methoxy groups -OCH3 is 1. The first-order valence-electron chi connectivity index (χ1n) is 10.5. The molecule has 0 aliphatic carbocycles. The van der Waals surface area contributed by atoms with Crippen molar-refractivity contribution in [2.45, 2.75) is 37.7 Å².